The zero-order valence-corrected chi connectivity index (χ0v) is 11.0. The van der Waals surface area contributed by atoms with Crippen LogP contribution in [0.5, 0.6) is 0 Å². The van der Waals surface area contributed by atoms with Crippen molar-refractivity contribution >= 4 is 5.78 Å². The van der Waals surface area contributed by atoms with E-state index in [1.165, 1.54) is 13.8 Å². The smallest absolute Gasteiger partial charge is 0.170 e. The Morgan fingerprint density at radius 3 is 1.67 bits per heavy atom. The number of carbonyl (C=O) groups excluding carboxylic acids is 1. The highest BCUT2D eigenvalue weighted by molar-refractivity contribution is 5.72. The molecular weight excluding hydrogens is 192 g/mol. The molecular formula is C11H24N2O2. The summed E-state index contributed by atoms with van der Waals surface area (Å²) in [6.45, 7) is 12.3. The van der Waals surface area contributed by atoms with Crippen LogP contribution in [0.4, 0.5) is 0 Å². The highest BCUT2D eigenvalue weighted by atomic mass is 16.3. The lowest BCUT2D eigenvalue weighted by Crippen LogP contribution is -2.19. The number of carbonyl (C=O) groups is 1. The average Bonchev–Trinajstić information content (AvgIpc) is 1.99. The summed E-state index contributed by atoms with van der Waals surface area (Å²) in [6.07, 6.45) is 0.923. The third-order valence-corrected chi connectivity index (χ3v) is 1.43. The lowest BCUT2D eigenvalue weighted by atomic mass is 10.0. The van der Waals surface area contributed by atoms with Crippen molar-refractivity contribution in [3.05, 3.63) is 0 Å². The van der Waals surface area contributed by atoms with Crippen LogP contribution >= 0.6 is 0 Å². The van der Waals surface area contributed by atoms with Gasteiger partial charge < -0.3 is 9.90 Å². The van der Waals surface area contributed by atoms with Crippen LogP contribution in [0, 0.1) is 0 Å². The average molecular weight is 216 g/mol. The minimum Gasteiger partial charge on any atom is -0.368 e. The van der Waals surface area contributed by atoms with E-state index in [0.717, 1.165) is 6.42 Å². The molecule has 0 aromatic heterocycles. The predicted molar refractivity (Wildman–Crippen MR) is 61.9 cm³/mol. The molecule has 0 aromatic carbocycles. The summed E-state index contributed by atoms with van der Waals surface area (Å²) in [7, 11) is 0. The van der Waals surface area contributed by atoms with E-state index in [9.17, 15) is 9.90 Å². The van der Waals surface area contributed by atoms with Crippen LogP contribution in [0.2, 0.25) is 0 Å². The molecule has 0 saturated carbocycles. The molecule has 0 aromatic rings. The number of Topliss-reactive ketones (excluding diaryl/α,β-unsaturated/α-hetero) is 1. The van der Waals surface area contributed by atoms with Crippen molar-refractivity contribution in [3.8, 4) is 0 Å². The maximum Gasteiger partial charge on any atom is 0.170 e. The topological polar surface area (TPSA) is 62.0 Å². The maximum absolute atomic E-state index is 9.44. The van der Waals surface area contributed by atoms with Crippen LogP contribution in [-0.4, -0.2) is 22.2 Å². The Kier molecular flexibility index (Phi) is 7.40. The Hall–Kier alpha value is -0.770. The van der Waals surface area contributed by atoms with E-state index in [1.807, 2.05) is 20.8 Å². The van der Waals surface area contributed by atoms with Crippen LogP contribution in [0.3, 0.4) is 0 Å². The molecule has 0 unspecified atom stereocenters. The van der Waals surface area contributed by atoms with Crippen molar-refractivity contribution in [2.24, 2.45) is 10.2 Å². The summed E-state index contributed by atoms with van der Waals surface area (Å²) in [5, 5.41) is 17.0. The van der Waals surface area contributed by atoms with Crippen molar-refractivity contribution < 1.29 is 9.90 Å². The van der Waals surface area contributed by atoms with Gasteiger partial charge in [-0.2, -0.15) is 10.2 Å². The highest BCUT2D eigenvalue weighted by Crippen LogP contribution is 2.16. The number of hydrogen-bond donors (Lipinski definition) is 1. The number of nitrogens with zero attached hydrogens (tertiary/aromatic N) is 2. The lowest BCUT2D eigenvalue weighted by molar-refractivity contribution is -0.114. The minimum atomic E-state index is -1.04. The third-order valence-electron chi connectivity index (χ3n) is 1.43. The summed E-state index contributed by atoms with van der Waals surface area (Å²) in [5.41, 5.74) is -1.19. The number of azo groups is 1. The van der Waals surface area contributed by atoms with Gasteiger partial charge in [0.2, 0.25) is 0 Å². The Bertz CT molecular complexity index is 211. The number of hydrogen-bond acceptors (Lipinski definition) is 4. The molecule has 0 aliphatic rings. The van der Waals surface area contributed by atoms with Gasteiger partial charge >= 0.3 is 0 Å². The summed E-state index contributed by atoms with van der Waals surface area (Å²) in [5.74, 6) is 0.167. The third kappa shape index (κ3) is 19.6. The lowest BCUT2D eigenvalue weighted by Gasteiger charge is -2.17. The predicted octanol–water partition coefficient (Wildman–Crippen LogP) is 2.95. The van der Waals surface area contributed by atoms with Gasteiger partial charge in [0.25, 0.3) is 0 Å². The summed E-state index contributed by atoms with van der Waals surface area (Å²) in [4.78, 5) is 9.44. The van der Waals surface area contributed by atoms with Gasteiger partial charge in [0.1, 0.15) is 5.78 Å². The molecule has 0 aliphatic carbocycles. The number of rotatable bonds is 3. The van der Waals surface area contributed by atoms with E-state index >= 15 is 0 Å². The first-order valence-electron chi connectivity index (χ1n) is 5.14. The second-order valence-corrected chi connectivity index (χ2v) is 4.77. The van der Waals surface area contributed by atoms with Crippen molar-refractivity contribution in [3.63, 3.8) is 0 Å². The van der Waals surface area contributed by atoms with E-state index in [0.29, 0.717) is 0 Å². The number of ketones is 1. The Morgan fingerprint density at radius 1 is 1.13 bits per heavy atom. The number of aliphatic hydroxyl groups is 1. The molecule has 0 amide bonds. The molecule has 0 aliphatic heterocycles. The second-order valence-electron chi connectivity index (χ2n) is 4.77. The molecule has 1 N–H and O–H groups in total. The first-order valence-corrected chi connectivity index (χ1v) is 5.14. The van der Waals surface area contributed by atoms with Gasteiger partial charge in [0, 0.05) is 0 Å². The largest absolute Gasteiger partial charge is 0.368 e. The normalized spacial score (nSPS) is 12.3. The van der Waals surface area contributed by atoms with Gasteiger partial charge in [0.15, 0.2) is 5.72 Å². The van der Waals surface area contributed by atoms with E-state index in [-0.39, 0.29) is 11.3 Å². The van der Waals surface area contributed by atoms with Gasteiger partial charge in [-0.1, -0.05) is 6.92 Å². The van der Waals surface area contributed by atoms with Crippen LogP contribution in [0.1, 0.15) is 54.9 Å². The van der Waals surface area contributed by atoms with Crippen molar-refractivity contribution in [2.45, 2.75) is 66.2 Å². The fourth-order valence-electron chi connectivity index (χ4n) is 0.328. The Morgan fingerprint density at radius 2 is 1.47 bits per heavy atom. The Balaban J connectivity index is 0. The van der Waals surface area contributed by atoms with Crippen LogP contribution in [0.25, 0.3) is 0 Å². The molecule has 4 nitrogen and oxygen atoms in total. The molecule has 0 spiro atoms. The van der Waals surface area contributed by atoms with E-state index < -0.39 is 5.72 Å². The molecule has 0 heterocycles. The SMILES string of the molecule is CC(C)=O.CCC(C)(C)N=NC(C)(C)O. The molecule has 0 bridgehead atoms. The summed E-state index contributed by atoms with van der Waals surface area (Å²) in [6, 6.07) is 0. The first-order chi connectivity index (χ1) is 6.50. The molecule has 0 radical (unpaired) electrons. The van der Waals surface area contributed by atoms with E-state index in [1.54, 1.807) is 13.8 Å². The van der Waals surface area contributed by atoms with Crippen molar-refractivity contribution in [1.29, 1.82) is 0 Å². The molecule has 0 rings (SSSR count). The van der Waals surface area contributed by atoms with Gasteiger partial charge in [-0.3, -0.25) is 0 Å². The monoisotopic (exact) mass is 216 g/mol. The van der Waals surface area contributed by atoms with Crippen molar-refractivity contribution in [1.82, 2.24) is 0 Å². The van der Waals surface area contributed by atoms with E-state index in [4.69, 9.17) is 0 Å². The second kappa shape index (κ2) is 6.67. The van der Waals surface area contributed by atoms with Crippen molar-refractivity contribution in [2.75, 3.05) is 0 Å². The first kappa shape index (κ1) is 16.7. The zero-order chi connectivity index (χ0) is 12.7. The zero-order valence-electron chi connectivity index (χ0n) is 11.0. The van der Waals surface area contributed by atoms with Gasteiger partial charge in [-0.05, 0) is 48.0 Å². The fraction of sp³-hybridized carbons (Fsp3) is 0.909. The van der Waals surface area contributed by atoms with Crippen LogP contribution < -0.4 is 0 Å². The molecule has 0 fully saturated rings. The van der Waals surface area contributed by atoms with Crippen LogP contribution in [0.15, 0.2) is 10.2 Å². The summed E-state index contributed by atoms with van der Waals surface area (Å²) >= 11 is 0. The van der Waals surface area contributed by atoms with Gasteiger partial charge in [-0.15, -0.1) is 0 Å². The quantitative estimate of drug-likeness (QED) is 0.737. The molecule has 15 heavy (non-hydrogen) atoms. The summed E-state index contributed by atoms with van der Waals surface area (Å²) < 4.78 is 0. The van der Waals surface area contributed by atoms with E-state index in [2.05, 4.69) is 10.2 Å². The molecule has 0 atom stereocenters. The highest BCUT2D eigenvalue weighted by Gasteiger charge is 2.16. The maximum atomic E-state index is 9.44. The minimum absolute atomic E-state index is 0.153. The Labute approximate surface area is 92.8 Å². The standard InChI is InChI=1S/C8H18N2O.C3H6O/c1-6-7(2,3)9-10-8(4,5)11;1-3(2)4/h11H,6H2,1-5H3;1-2H3. The molecule has 90 valence electrons. The molecule has 0 saturated heterocycles. The van der Waals surface area contributed by atoms with Gasteiger partial charge in [0.05, 0.1) is 5.54 Å². The van der Waals surface area contributed by atoms with Crippen LogP contribution in [-0.2, 0) is 4.79 Å². The fourth-order valence-corrected chi connectivity index (χ4v) is 0.328. The van der Waals surface area contributed by atoms with Gasteiger partial charge in [-0.25, -0.2) is 0 Å². The molecule has 4 heteroatoms.